The van der Waals surface area contributed by atoms with Gasteiger partial charge in [-0.05, 0) is 0 Å². The molecule has 1 fully saturated rings. The Labute approximate surface area is 78.8 Å². The van der Waals surface area contributed by atoms with Crippen LogP contribution < -0.4 is 5.73 Å². The van der Waals surface area contributed by atoms with E-state index in [1.54, 1.807) is 0 Å². The predicted molar refractivity (Wildman–Crippen MR) is 41.5 cm³/mol. The molecule has 0 saturated carbocycles. The summed E-state index contributed by atoms with van der Waals surface area (Å²) in [5, 5.41) is 0. The summed E-state index contributed by atoms with van der Waals surface area (Å²) in [6, 6.07) is -1.08. The molecule has 80 valence electrons. The monoisotopic (exact) mass is 208 g/mol. The third kappa shape index (κ3) is 2.16. The van der Waals surface area contributed by atoms with Crippen LogP contribution in [0.1, 0.15) is 0 Å². The average Bonchev–Trinajstić information content (AvgIpc) is 2.16. The molecule has 0 aliphatic carbocycles. The zero-order valence-corrected chi connectivity index (χ0v) is 7.28. The van der Waals surface area contributed by atoms with Crippen molar-refractivity contribution in [2.45, 2.75) is 12.5 Å². The number of carbonyl (C=O) groups excluding carboxylic acids is 2. The molecule has 0 bridgehead atoms. The summed E-state index contributed by atoms with van der Waals surface area (Å²) in [5.41, 5.74) is 4.94. The van der Waals surface area contributed by atoms with Gasteiger partial charge < -0.3 is 15.4 Å². The smallest absolute Gasteiger partial charge is 0.315 e. The first-order chi connectivity index (χ1) is 6.54. The molecule has 0 aromatic rings. The minimum absolute atomic E-state index is 0.0310. The standard InChI is InChI=1S/C7H10F2N2O3/c8-5(9)7(13)11-1-2-14-3-4(11)6(10)12/h4-5H,1-3H2,(H2,10,12). The first-order valence-electron chi connectivity index (χ1n) is 3.99. The van der Waals surface area contributed by atoms with Crippen LogP contribution in [0.25, 0.3) is 0 Å². The molecular formula is C7H10F2N2O3. The molecule has 0 aromatic carbocycles. The largest absolute Gasteiger partial charge is 0.377 e. The van der Waals surface area contributed by atoms with Gasteiger partial charge in [-0.2, -0.15) is 8.78 Å². The zero-order valence-electron chi connectivity index (χ0n) is 7.28. The number of morpholine rings is 1. The number of rotatable bonds is 2. The van der Waals surface area contributed by atoms with Crippen LogP contribution in [-0.2, 0) is 14.3 Å². The Morgan fingerprint density at radius 2 is 2.14 bits per heavy atom. The topological polar surface area (TPSA) is 72.6 Å². The summed E-state index contributed by atoms with van der Waals surface area (Å²) in [4.78, 5) is 22.5. The Morgan fingerprint density at radius 1 is 1.50 bits per heavy atom. The van der Waals surface area contributed by atoms with E-state index in [0.29, 0.717) is 0 Å². The highest BCUT2D eigenvalue weighted by Crippen LogP contribution is 2.10. The van der Waals surface area contributed by atoms with Crippen molar-refractivity contribution in [3.63, 3.8) is 0 Å². The van der Waals surface area contributed by atoms with Crippen molar-refractivity contribution in [3.05, 3.63) is 0 Å². The molecule has 14 heavy (non-hydrogen) atoms. The van der Waals surface area contributed by atoms with Gasteiger partial charge in [0.1, 0.15) is 6.04 Å². The quantitative estimate of drug-likeness (QED) is 0.630. The van der Waals surface area contributed by atoms with Crippen molar-refractivity contribution in [1.82, 2.24) is 4.90 Å². The van der Waals surface area contributed by atoms with Gasteiger partial charge in [0, 0.05) is 6.54 Å². The van der Waals surface area contributed by atoms with E-state index in [4.69, 9.17) is 10.5 Å². The molecule has 1 unspecified atom stereocenters. The molecule has 0 aromatic heterocycles. The first kappa shape index (κ1) is 10.8. The number of halogens is 2. The summed E-state index contributed by atoms with van der Waals surface area (Å²) in [5.74, 6) is -2.21. The van der Waals surface area contributed by atoms with Crippen molar-refractivity contribution in [3.8, 4) is 0 Å². The van der Waals surface area contributed by atoms with E-state index in [9.17, 15) is 18.4 Å². The maximum absolute atomic E-state index is 12.1. The molecule has 2 N–H and O–H groups in total. The molecule has 1 saturated heterocycles. The maximum Gasteiger partial charge on any atom is 0.315 e. The minimum atomic E-state index is -3.12. The van der Waals surface area contributed by atoms with Gasteiger partial charge in [0.05, 0.1) is 13.2 Å². The fraction of sp³-hybridized carbons (Fsp3) is 0.714. The molecule has 2 amide bonds. The number of primary amides is 1. The van der Waals surface area contributed by atoms with Crippen LogP contribution in [0.5, 0.6) is 0 Å². The van der Waals surface area contributed by atoms with E-state index in [0.717, 1.165) is 4.90 Å². The van der Waals surface area contributed by atoms with Gasteiger partial charge in [0.25, 0.3) is 5.91 Å². The molecule has 1 aliphatic rings. The Morgan fingerprint density at radius 3 is 2.64 bits per heavy atom. The highest BCUT2D eigenvalue weighted by atomic mass is 19.3. The van der Waals surface area contributed by atoms with Crippen LogP contribution >= 0.6 is 0 Å². The van der Waals surface area contributed by atoms with Gasteiger partial charge in [0.15, 0.2) is 0 Å². The predicted octanol–water partition coefficient (Wildman–Crippen LogP) is -1.04. The summed E-state index contributed by atoms with van der Waals surface area (Å²) in [6.07, 6.45) is -3.12. The maximum atomic E-state index is 12.1. The third-order valence-electron chi connectivity index (χ3n) is 1.93. The van der Waals surface area contributed by atoms with Crippen LogP contribution in [-0.4, -0.2) is 48.9 Å². The molecule has 5 nitrogen and oxygen atoms in total. The van der Waals surface area contributed by atoms with Gasteiger partial charge >= 0.3 is 6.43 Å². The van der Waals surface area contributed by atoms with Crippen molar-refractivity contribution in [2.75, 3.05) is 19.8 Å². The first-order valence-corrected chi connectivity index (χ1v) is 3.99. The van der Waals surface area contributed by atoms with Crippen LogP contribution in [0.3, 0.4) is 0 Å². The number of nitrogens with zero attached hydrogens (tertiary/aromatic N) is 1. The summed E-state index contributed by atoms with van der Waals surface area (Å²) in [6.45, 7) is -0.00713. The van der Waals surface area contributed by atoms with Gasteiger partial charge in [-0.25, -0.2) is 0 Å². The van der Waals surface area contributed by atoms with E-state index in [-0.39, 0.29) is 19.8 Å². The highest BCUT2D eigenvalue weighted by Gasteiger charge is 2.35. The lowest BCUT2D eigenvalue weighted by Crippen LogP contribution is -2.56. The number of alkyl halides is 2. The molecule has 0 spiro atoms. The van der Waals surface area contributed by atoms with Crippen molar-refractivity contribution >= 4 is 11.8 Å². The van der Waals surface area contributed by atoms with Crippen molar-refractivity contribution in [2.24, 2.45) is 5.73 Å². The summed E-state index contributed by atoms with van der Waals surface area (Å²) < 4.78 is 29.0. The number of ether oxygens (including phenoxy) is 1. The lowest BCUT2D eigenvalue weighted by Gasteiger charge is -2.33. The van der Waals surface area contributed by atoms with Crippen LogP contribution in [0.2, 0.25) is 0 Å². The molecule has 7 heteroatoms. The molecule has 1 aliphatic heterocycles. The van der Waals surface area contributed by atoms with Crippen molar-refractivity contribution < 1.29 is 23.1 Å². The van der Waals surface area contributed by atoms with Crippen LogP contribution in [0, 0.1) is 0 Å². The number of hydrogen-bond acceptors (Lipinski definition) is 3. The normalized spacial score (nSPS) is 22.5. The Bertz CT molecular complexity index is 247. The van der Waals surface area contributed by atoms with Crippen molar-refractivity contribution in [1.29, 1.82) is 0 Å². The van der Waals surface area contributed by atoms with E-state index in [2.05, 4.69) is 0 Å². The number of hydrogen-bond donors (Lipinski definition) is 1. The van der Waals surface area contributed by atoms with Crippen LogP contribution in [0.4, 0.5) is 8.78 Å². The van der Waals surface area contributed by atoms with E-state index in [1.165, 1.54) is 0 Å². The SMILES string of the molecule is NC(=O)C1COCCN1C(=O)C(F)F. The molecule has 1 atom stereocenters. The van der Waals surface area contributed by atoms with Gasteiger partial charge in [-0.1, -0.05) is 0 Å². The Balaban J connectivity index is 2.72. The van der Waals surface area contributed by atoms with E-state index in [1.807, 2.05) is 0 Å². The molecule has 1 rings (SSSR count). The third-order valence-corrected chi connectivity index (χ3v) is 1.93. The number of nitrogens with two attached hydrogens (primary N) is 1. The average molecular weight is 208 g/mol. The fourth-order valence-corrected chi connectivity index (χ4v) is 1.23. The second-order valence-corrected chi connectivity index (χ2v) is 2.83. The van der Waals surface area contributed by atoms with Gasteiger partial charge in [0.2, 0.25) is 5.91 Å². The lowest BCUT2D eigenvalue weighted by molar-refractivity contribution is -0.156. The second-order valence-electron chi connectivity index (χ2n) is 2.83. The summed E-state index contributed by atoms with van der Waals surface area (Å²) >= 11 is 0. The Hall–Kier alpha value is -1.24. The molecular weight excluding hydrogens is 198 g/mol. The fourth-order valence-electron chi connectivity index (χ4n) is 1.23. The lowest BCUT2D eigenvalue weighted by atomic mass is 10.2. The van der Waals surface area contributed by atoms with Gasteiger partial charge in [-0.3, -0.25) is 9.59 Å². The Kier molecular flexibility index (Phi) is 3.34. The number of amides is 2. The molecule has 1 heterocycles. The van der Waals surface area contributed by atoms with E-state index < -0.39 is 24.3 Å². The minimum Gasteiger partial charge on any atom is -0.377 e. The van der Waals surface area contributed by atoms with E-state index >= 15 is 0 Å². The van der Waals surface area contributed by atoms with Gasteiger partial charge in [-0.15, -0.1) is 0 Å². The number of carbonyl (C=O) groups is 2. The summed E-state index contributed by atoms with van der Waals surface area (Å²) in [7, 11) is 0. The zero-order chi connectivity index (χ0) is 10.7. The van der Waals surface area contributed by atoms with Crippen LogP contribution in [0.15, 0.2) is 0 Å². The second kappa shape index (κ2) is 4.32. The highest BCUT2D eigenvalue weighted by molar-refractivity contribution is 5.88. The molecule has 0 radical (unpaired) electrons.